The standard InChI is InChI=1S/C32H43FN6O7/c1-17-28-25(14-32(3,4)15-26(28)41)38(37-17)19-10-22(33)29(30(34)43)23(11-19)36-24-12-20(8-9-35-31(24)44)46-27(42)13-21(45-18(2)40)16-39(5,6)7/h10-11,20-21,24H,8-9,12-16H2,1-7H3,(H3-,34,35,36,43,44)/p+1. The molecule has 2 aliphatic rings. The molecule has 0 radical (unpaired) electrons. The molecule has 46 heavy (non-hydrogen) atoms. The predicted octanol–water partition coefficient (Wildman–Crippen LogP) is 2.20. The number of ketones is 1. The number of halogens is 1. The first-order chi connectivity index (χ1) is 21.3. The van der Waals surface area contributed by atoms with Gasteiger partial charge in [0.05, 0.1) is 61.5 Å². The van der Waals surface area contributed by atoms with Gasteiger partial charge in [0.25, 0.3) is 5.91 Å². The lowest BCUT2D eigenvalue weighted by molar-refractivity contribution is -0.873. The average Bonchev–Trinajstić information content (AvgIpc) is 3.10. The van der Waals surface area contributed by atoms with Crippen molar-refractivity contribution in [2.75, 3.05) is 39.5 Å². The number of primary amides is 1. The van der Waals surface area contributed by atoms with Crippen LogP contribution in [0.15, 0.2) is 12.1 Å². The third-order valence-electron chi connectivity index (χ3n) is 7.97. The number of likely N-dealkylation sites (N-methyl/N-ethyl adjacent to an activating group) is 1. The van der Waals surface area contributed by atoms with Gasteiger partial charge in [-0.15, -0.1) is 0 Å². The van der Waals surface area contributed by atoms with Crippen LogP contribution in [-0.2, 0) is 30.3 Å². The molecule has 1 aliphatic heterocycles. The van der Waals surface area contributed by atoms with E-state index >= 15 is 4.39 Å². The minimum absolute atomic E-state index is 0.00809. The number of nitrogens with one attached hydrogen (secondary N) is 2. The van der Waals surface area contributed by atoms with Gasteiger partial charge in [0.1, 0.15) is 24.5 Å². The fourth-order valence-corrected chi connectivity index (χ4v) is 6.23. The number of carbonyl (C=O) groups excluding carboxylic acids is 5. The number of Topliss-reactive ketones (excluding diaryl/α,β-unsaturated/α-hetero) is 1. The van der Waals surface area contributed by atoms with E-state index < -0.39 is 53.4 Å². The van der Waals surface area contributed by atoms with Crippen molar-refractivity contribution in [2.24, 2.45) is 11.1 Å². The van der Waals surface area contributed by atoms with E-state index in [0.717, 1.165) is 6.07 Å². The first-order valence-electron chi connectivity index (χ1n) is 15.3. The molecule has 1 aromatic carbocycles. The highest BCUT2D eigenvalue weighted by Gasteiger charge is 2.37. The number of anilines is 1. The van der Waals surface area contributed by atoms with E-state index in [2.05, 4.69) is 15.7 Å². The average molecular weight is 644 g/mol. The highest BCUT2D eigenvalue weighted by atomic mass is 19.1. The van der Waals surface area contributed by atoms with Gasteiger partial charge in [0.15, 0.2) is 11.9 Å². The molecule has 0 spiro atoms. The topological polar surface area (TPSA) is 172 Å². The van der Waals surface area contributed by atoms with Crippen LogP contribution in [0.2, 0.25) is 0 Å². The van der Waals surface area contributed by atoms with Crippen LogP contribution >= 0.6 is 0 Å². The number of aryl methyl sites for hydroxylation is 1. The van der Waals surface area contributed by atoms with Crippen LogP contribution in [0.3, 0.4) is 0 Å². The van der Waals surface area contributed by atoms with E-state index in [4.69, 9.17) is 15.2 Å². The maximum absolute atomic E-state index is 15.6. The third-order valence-corrected chi connectivity index (χ3v) is 7.97. The number of ether oxygens (including phenoxy) is 2. The normalized spacial score (nSPS) is 20.2. The number of quaternary nitrogens is 1. The van der Waals surface area contributed by atoms with Crippen LogP contribution in [-0.4, -0.2) is 96.3 Å². The molecular weight excluding hydrogens is 599 g/mol. The van der Waals surface area contributed by atoms with Crippen molar-refractivity contribution in [2.45, 2.75) is 78.0 Å². The van der Waals surface area contributed by atoms with E-state index in [0.29, 0.717) is 47.2 Å². The maximum atomic E-state index is 15.6. The number of aromatic nitrogens is 2. The smallest absolute Gasteiger partial charge is 0.310 e. The molecule has 2 amide bonds. The number of hydrogen-bond acceptors (Lipinski definition) is 9. The van der Waals surface area contributed by atoms with Crippen LogP contribution in [0.4, 0.5) is 10.1 Å². The predicted molar refractivity (Wildman–Crippen MR) is 166 cm³/mol. The Labute approximate surface area is 267 Å². The molecule has 13 nitrogen and oxygen atoms in total. The molecule has 0 bridgehead atoms. The minimum Gasteiger partial charge on any atom is -0.462 e. The lowest BCUT2D eigenvalue weighted by atomic mass is 9.75. The van der Waals surface area contributed by atoms with Crippen LogP contribution in [0.5, 0.6) is 0 Å². The summed E-state index contributed by atoms with van der Waals surface area (Å²) in [5, 5.41) is 10.3. The van der Waals surface area contributed by atoms with Crippen molar-refractivity contribution in [1.82, 2.24) is 15.1 Å². The van der Waals surface area contributed by atoms with Gasteiger partial charge in [-0.1, -0.05) is 13.8 Å². The fraction of sp³-hybridized carbons (Fsp3) is 0.562. The highest BCUT2D eigenvalue weighted by molar-refractivity contribution is 6.01. The van der Waals surface area contributed by atoms with E-state index in [-0.39, 0.29) is 42.0 Å². The molecular formula is C32H44FN6O7+. The number of esters is 2. The molecule has 0 saturated carbocycles. The van der Waals surface area contributed by atoms with E-state index in [9.17, 15) is 24.0 Å². The zero-order chi connectivity index (χ0) is 34.1. The molecule has 4 rings (SSSR count). The second-order valence-electron chi connectivity index (χ2n) is 14.0. The van der Waals surface area contributed by atoms with Gasteiger partial charge in [-0.05, 0) is 24.8 Å². The Morgan fingerprint density at radius 1 is 1.22 bits per heavy atom. The van der Waals surface area contributed by atoms with Gasteiger partial charge >= 0.3 is 11.9 Å². The molecule has 2 heterocycles. The maximum Gasteiger partial charge on any atom is 0.310 e. The summed E-state index contributed by atoms with van der Waals surface area (Å²) in [6.07, 6.45) is -0.399. The number of nitrogens with two attached hydrogens (primary N) is 1. The Morgan fingerprint density at radius 2 is 1.91 bits per heavy atom. The second kappa shape index (κ2) is 13.2. The highest BCUT2D eigenvalue weighted by Crippen LogP contribution is 2.38. The van der Waals surface area contributed by atoms with Crippen molar-refractivity contribution >= 4 is 35.2 Å². The van der Waals surface area contributed by atoms with Gasteiger partial charge in [-0.3, -0.25) is 24.0 Å². The van der Waals surface area contributed by atoms with Crippen molar-refractivity contribution in [3.05, 3.63) is 40.5 Å². The molecule has 2 aromatic rings. The Bertz CT molecular complexity index is 1560. The summed E-state index contributed by atoms with van der Waals surface area (Å²) < 4.78 is 28.6. The Hall–Kier alpha value is -4.33. The summed E-state index contributed by atoms with van der Waals surface area (Å²) in [4.78, 5) is 63.0. The number of rotatable bonds is 10. The summed E-state index contributed by atoms with van der Waals surface area (Å²) >= 11 is 0. The van der Waals surface area contributed by atoms with Gasteiger partial charge in [-0.2, -0.15) is 5.10 Å². The van der Waals surface area contributed by atoms with Crippen LogP contribution in [0.1, 0.15) is 78.6 Å². The molecule has 3 unspecified atom stereocenters. The zero-order valence-corrected chi connectivity index (χ0v) is 27.5. The lowest BCUT2D eigenvalue weighted by Gasteiger charge is -2.29. The summed E-state index contributed by atoms with van der Waals surface area (Å²) in [6, 6.07) is 1.56. The molecule has 1 saturated heterocycles. The van der Waals surface area contributed by atoms with E-state index in [1.54, 1.807) is 6.92 Å². The van der Waals surface area contributed by atoms with Crippen LogP contribution in [0.25, 0.3) is 5.69 Å². The Morgan fingerprint density at radius 3 is 2.54 bits per heavy atom. The zero-order valence-electron chi connectivity index (χ0n) is 27.5. The Balaban J connectivity index is 1.61. The molecule has 250 valence electrons. The largest absolute Gasteiger partial charge is 0.462 e. The van der Waals surface area contributed by atoms with E-state index in [1.807, 2.05) is 35.0 Å². The molecule has 1 aromatic heterocycles. The fourth-order valence-electron chi connectivity index (χ4n) is 6.23. The molecule has 14 heteroatoms. The summed E-state index contributed by atoms with van der Waals surface area (Å²) in [6.45, 7) is 7.52. The van der Waals surface area contributed by atoms with Crippen molar-refractivity contribution < 1.29 is 42.3 Å². The van der Waals surface area contributed by atoms with Gasteiger partial charge in [0, 0.05) is 38.8 Å². The molecule has 4 N–H and O–H groups in total. The minimum atomic E-state index is -1.05. The monoisotopic (exact) mass is 643 g/mol. The lowest BCUT2D eigenvalue weighted by Crippen LogP contribution is -2.44. The van der Waals surface area contributed by atoms with Crippen LogP contribution < -0.4 is 16.4 Å². The summed E-state index contributed by atoms with van der Waals surface area (Å²) in [5.41, 5.74) is 6.61. The first kappa shape index (κ1) is 34.5. The van der Waals surface area contributed by atoms with Crippen molar-refractivity contribution in [3.63, 3.8) is 0 Å². The quantitative estimate of drug-likeness (QED) is 0.259. The molecule has 1 fully saturated rings. The Kier molecular flexibility index (Phi) is 9.90. The first-order valence-corrected chi connectivity index (χ1v) is 15.3. The van der Waals surface area contributed by atoms with Gasteiger partial charge in [-0.25, -0.2) is 9.07 Å². The molecule has 1 aliphatic carbocycles. The number of benzene rings is 1. The SMILES string of the molecule is CC(=O)OC(CC(=O)OC1CCNC(=O)C(Nc2cc(-n3nc(C)c4c3CC(C)(C)CC4=O)cc(F)c2C(N)=O)C1)C[N+](C)(C)C. The van der Waals surface area contributed by atoms with Crippen molar-refractivity contribution in [3.8, 4) is 5.69 Å². The second-order valence-corrected chi connectivity index (χ2v) is 14.0. The van der Waals surface area contributed by atoms with Crippen molar-refractivity contribution in [1.29, 1.82) is 0 Å². The number of fused-ring (bicyclic) bond motifs is 1. The number of amides is 2. The number of nitrogens with zero attached hydrogens (tertiary/aromatic N) is 3. The number of hydrogen-bond donors (Lipinski definition) is 3. The van der Waals surface area contributed by atoms with Crippen LogP contribution in [0, 0.1) is 18.2 Å². The summed E-state index contributed by atoms with van der Waals surface area (Å²) in [7, 11) is 5.71. The van der Waals surface area contributed by atoms with Gasteiger partial charge in [0.2, 0.25) is 5.91 Å². The summed E-state index contributed by atoms with van der Waals surface area (Å²) in [5.74, 6) is -3.58. The van der Waals surface area contributed by atoms with E-state index in [1.165, 1.54) is 17.7 Å². The number of carbonyl (C=O) groups is 5. The third kappa shape index (κ3) is 8.27. The molecule has 3 atom stereocenters. The van der Waals surface area contributed by atoms with Gasteiger partial charge < -0.3 is 30.3 Å².